The number of amides is 1. The fourth-order valence-corrected chi connectivity index (χ4v) is 4.00. The van der Waals surface area contributed by atoms with Crippen LogP contribution in [0.2, 0.25) is 0 Å². The minimum atomic E-state index is -3.79. The number of primary sulfonamides is 1. The van der Waals surface area contributed by atoms with Gasteiger partial charge < -0.3 is 0 Å². The standard InChI is InChI=1S/C17H12N4O3S2/c18-26(23,24)11-6-8-13-15(9-11)25-17(20-13)21-16(22)14-7-5-10-3-1-2-4-12(10)19-14/h1-9H,(H2,18,23,24)(H,20,21,22). The van der Waals surface area contributed by atoms with E-state index < -0.39 is 10.0 Å². The van der Waals surface area contributed by atoms with Crippen LogP contribution in [0.25, 0.3) is 21.1 Å². The van der Waals surface area contributed by atoms with Crippen LogP contribution in [0.4, 0.5) is 5.13 Å². The predicted octanol–water partition coefficient (Wildman–Crippen LogP) is 2.74. The first-order valence-electron chi connectivity index (χ1n) is 7.51. The van der Waals surface area contributed by atoms with Crippen molar-refractivity contribution in [2.24, 2.45) is 5.14 Å². The predicted molar refractivity (Wildman–Crippen MR) is 101 cm³/mol. The number of carbonyl (C=O) groups is 1. The Kier molecular flexibility index (Phi) is 3.91. The van der Waals surface area contributed by atoms with Crippen molar-refractivity contribution < 1.29 is 13.2 Å². The van der Waals surface area contributed by atoms with Gasteiger partial charge in [-0.2, -0.15) is 0 Å². The second-order valence-electron chi connectivity index (χ2n) is 5.54. The molecule has 0 fully saturated rings. The monoisotopic (exact) mass is 384 g/mol. The Balaban J connectivity index is 1.64. The van der Waals surface area contributed by atoms with Gasteiger partial charge >= 0.3 is 0 Å². The number of para-hydroxylation sites is 1. The molecule has 2 aromatic carbocycles. The van der Waals surface area contributed by atoms with Crippen LogP contribution in [-0.2, 0) is 10.0 Å². The molecule has 0 aliphatic rings. The first-order chi connectivity index (χ1) is 12.4. The van der Waals surface area contributed by atoms with Gasteiger partial charge in [0.2, 0.25) is 10.0 Å². The Morgan fingerprint density at radius 3 is 2.62 bits per heavy atom. The summed E-state index contributed by atoms with van der Waals surface area (Å²) in [4.78, 5) is 21.1. The number of sulfonamides is 1. The lowest BCUT2D eigenvalue weighted by molar-refractivity contribution is 0.102. The second-order valence-corrected chi connectivity index (χ2v) is 8.13. The van der Waals surface area contributed by atoms with Gasteiger partial charge in [0.25, 0.3) is 5.91 Å². The van der Waals surface area contributed by atoms with Crippen molar-refractivity contribution in [1.82, 2.24) is 9.97 Å². The molecule has 1 amide bonds. The molecule has 0 radical (unpaired) electrons. The molecule has 3 N–H and O–H groups in total. The van der Waals surface area contributed by atoms with Gasteiger partial charge in [0.15, 0.2) is 5.13 Å². The molecule has 0 aliphatic heterocycles. The summed E-state index contributed by atoms with van der Waals surface area (Å²) in [5.41, 5.74) is 1.57. The summed E-state index contributed by atoms with van der Waals surface area (Å²) >= 11 is 1.16. The van der Waals surface area contributed by atoms with Crippen LogP contribution in [-0.4, -0.2) is 24.3 Å². The van der Waals surface area contributed by atoms with E-state index in [4.69, 9.17) is 5.14 Å². The maximum absolute atomic E-state index is 12.4. The molecule has 0 unspecified atom stereocenters. The SMILES string of the molecule is NS(=O)(=O)c1ccc2nc(NC(=O)c3ccc4ccccc4n3)sc2c1. The smallest absolute Gasteiger partial charge is 0.276 e. The quantitative estimate of drug-likeness (QED) is 0.563. The lowest BCUT2D eigenvalue weighted by atomic mass is 10.2. The topological polar surface area (TPSA) is 115 Å². The summed E-state index contributed by atoms with van der Waals surface area (Å²) in [6.45, 7) is 0. The van der Waals surface area contributed by atoms with Gasteiger partial charge in [-0.05, 0) is 30.3 Å². The third kappa shape index (κ3) is 3.15. The summed E-state index contributed by atoms with van der Waals surface area (Å²) in [6, 6.07) is 15.3. The van der Waals surface area contributed by atoms with Gasteiger partial charge in [-0.1, -0.05) is 35.6 Å². The fourth-order valence-electron chi connectivity index (χ4n) is 2.49. The van der Waals surface area contributed by atoms with Crippen molar-refractivity contribution in [3.8, 4) is 0 Å². The Morgan fingerprint density at radius 2 is 1.81 bits per heavy atom. The first-order valence-corrected chi connectivity index (χ1v) is 9.87. The first kappa shape index (κ1) is 16.6. The van der Waals surface area contributed by atoms with Crippen LogP contribution in [0.1, 0.15) is 10.5 Å². The number of nitrogens with two attached hydrogens (primary N) is 1. The molecule has 2 heterocycles. The van der Waals surface area contributed by atoms with E-state index in [9.17, 15) is 13.2 Å². The number of anilines is 1. The molecular weight excluding hydrogens is 372 g/mol. The highest BCUT2D eigenvalue weighted by molar-refractivity contribution is 7.89. The molecule has 0 bridgehead atoms. The molecule has 7 nitrogen and oxygen atoms in total. The Morgan fingerprint density at radius 1 is 1.00 bits per heavy atom. The van der Waals surface area contributed by atoms with E-state index in [1.54, 1.807) is 12.1 Å². The summed E-state index contributed by atoms with van der Waals surface area (Å²) < 4.78 is 23.5. The van der Waals surface area contributed by atoms with E-state index in [1.807, 2.05) is 30.3 Å². The van der Waals surface area contributed by atoms with E-state index in [0.717, 1.165) is 22.2 Å². The fraction of sp³-hybridized carbons (Fsp3) is 0. The molecule has 0 saturated carbocycles. The van der Waals surface area contributed by atoms with Crippen LogP contribution in [0.3, 0.4) is 0 Å². The van der Waals surface area contributed by atoms with Crippen molar-refractivity contribution in [2.75, 3.05) is 5.32 Å². The lowest BCUT2D eigenvalue weighted by Gasteiger charge is -2.02. The number of rotatable bonds is 3. The third-order valence-corrected chi connectivity index (χ3v) is 5.58. The molecule has 2 aromatic heterocycles. The zero-order valence-electron chi connectivity index (χ0n) is 13.2. The molecule has 26 heavy (non-hydrogen) atoms. The average Bonchev–Trinajstić information content (AvgIpc) is 3.01. The van der Waals surface area contributed by atoms with E-state index in [0.29, 0.717) is 15.3 Å². The maximum atomic E-state index is 12.4. The Hall–Kier alpha value is -2.88. The zero-order valence-corrected chi connectivity index (χ0v) is 14.8. The molecule has 0 saturated heterocycles. The minimum absolute atomic E-state index is 0.00252. The summed E-state index contributed by atoms with van der Waals surface area (Å²) in [5, 5.41) is 9.13. The normalized spacial score (nSPS) is 11.7. The van der Waals surface area contributed by atoms with Crippen molar-refractivity contribution in [1.29, 1.82) is 0 Å². The average molecular weight is 384 g/mol. The van der Waals surface area contributed by atoms with E-state index >= 15 is 0 Å². The number of benzene rings is 2. The van der Waals surface area contributed by atoms with Crippen LogP contribution in [0, 0.1) is 0 Å². The van der Waals surface area contributed by atoms with Crippen LogP contribution in [0.5, 0.6) is 0 Å². The number of nitrogens with zero attached hydrogens (tertiary/aromatic N) is 2. The van der Waals surface area contributed by atoms with Crippen LogP contribution in [0.15, 0.2) is 59.5 Å². The summed E-state index contributed by atoms with van der Waals surface area (Å²) in [5.74, 6) is -0.388. The third-order valence-electron chi connectivity index (χ3n) is 3.74. The molecule has 0 aliphatic carbocycles. The highest BCUT2D eigenvalue weighted by Crippen LogP contribution is 2.28. The lowest BCUT2D eigenvalue weighted by Crippen LogP contribution is -2.13. The number of fused-ring (bicyclic) bond motifs is 2. The van der Waals surface area contributed by atoms with Crippen molar-refractivity contribution in [3.05, 3.63) is 60.3 Å². The van der Waals surface area contributed by atoms with Crippen molar-refractivity contribution in [3.63, 3.8) is 0 Å². The van der Waals surface area contributed by atoms with E-state index in [1.165, 1.54) is 12.1 Å². The molecular formula is C17H12N4O3S2. The second kappa shape index (κ2) is 6.13. The van der Waals surface area contributed by atoms with Gasteiger partial charge in [-0.25, -0.2) is 23.5 Å². The highest BCUT2D eigenvalue weighted by Gasteiger charge is 2.14. The van der Waals surface area contributed by atoms with Gasteiger partial charge in [-0.15, -0.1) is 0 Å². The summed E-state index contributed by atoms with van der Waals surface area (Å²) in [6.07, 6.45) is 0. The highest BCUT2D eigenvalue weighted by atomic mass is 32.2. The molecule has 9 heteroatoms. The summed E-state index contributed by atoms with van der Waals surface area (Å²) in [7, 11) is -3.79. The van der Waals surface area contributed by atoms with E-state index in [2.05, 4.69) is 15.3 Å². The number of aromatic nitrogens is 2. The molecule has 4 aromatic rings. The molecule has 0 spiro atoms. The maximum Gasteiger partial charge on any atom is 0.276 e. The number of thiazole rings is 1. The molecule has 130 valence electrons. The van der Waals surface area contributed by atoms with Gasteiger partial charge in [0, 0.05) is 5.39 Å². The van der Waals surface area contributed by atoms with Crippen LogP contribution < -0.4 is 10.5 Å². The number of hydrogen-bond donors (Lipinski definition) is 2. The van der Waals surface area contributed by atoms with Gasteiger partial charge in [0.05, 0.1) is 20.6 Å². The van der Waals surface area contributed by atoms with Gasteiger partial charge in [-0.3, -0.25) is 10.1 Å². The largest absolute Gasteiger partial charge is 0.296 e. The minimum Gasteiger partial charge on any atom is -0.296 e. The van der Waals surface area contributed by atoms with Crippen LogP contribution >= 0.6 is 11.3 Å². The van der Waals surface area contributed by atoms with Crippen molar-refractivity contribution in [2.45, 2.75) is 4.90 Å². The molecule has 0 atom stereocenters. The molecule has 4 rings (SSSR count). The Bertz CT molecular complexity index is 1270. The van der Waals surface area contributed by atoms with Gasteiger partial charge in [0.1, 0.15) is 5.69 Å². The number of nitrogens with one attached hydrogen (secondary N) is 1. The zero-order chi connectivity index (χ0) is 18.3. The number of pyridine rings is 1. The number of carbonyl (C=O) groups excluding carboxylic acids is 1. The number of hydrogen-bond acceptors (Lipinski definition) is 6. The van der Waals surface area contributed by atoms with E-state index in [-0.39, 0.29) is 16.5 Å². The van der Waals surface area contributed by atoms with Crippen molar-refractivity contribution >= 4 is 53.5 Å². The Labute approximate surface area is 152 Å².